The minimum Gasteiger partial charge on any atom is -0.465 e. The molecule has 1 aliphatic heterocycles. The van der Waals surface area contributed by atoms with Gasteiger partial charge in [0.05, 0.1) is 24.2 Å². The first-order chi connectivity index (χ1) is 9.85. The van der Waals surface area contributed by atoms with Crippen LogP contribution >= 0.6 is 0 Å². The fraction of sp³-hybridized carbons (Fsp3) is 0.417. The van der Waals surface area contributed by atoms with E-state index in [1.165, 1.54) is 6.07 Å². The third-order valence-electron chi connectivity index (χ3n) is 3.03. The van der Waals surface area contributed by atoms with Crippen molar-refractivity contribution >= 4 is 17.3 Å². The maximum absolute atomic E-state index is 13.5. The van der Waals surface area contributed by atoms with Gasteiger partial charge in [0.1, 0.15) is 18.3 Å². The number of carbonyl (C=O) groups excluding carboxylic acids is 1. The van der Waals surface area contributed by atoms with Crippen LogP contribution in [0.1, 0.15) is 10.4 Å². The van der Waals surface area contributed by atoms with Crippen LogP contribution in [0.3, 0.4) is 0 Å². The Morgan fingerprint density at radius 1 is 1.57 bits per heavy atom. The van der Waals surface area contributed by atoms with Crippen molar-refractivity contribution in [1.29, 1.82) is 0 Å². The van der Waals surface area contributed by atoms with Gasteiger partial charge in [0, 0.05) is 6.07 Å². The summed E-state index contributed by atoms with van der Waals surface area (Å²) in [6.07, 6.45) is 0. The molecule has 0 aromatic heterocycles. The summed E-state index contributed by atoms with van der Waals surface area (Å²) in [5, 5.41) is 13.3. The largest absolute Gasteiger partial charge is 0.465 e. The van der Waals surface area contributed by atoms with E-state index in [-0.39, 0.29) is 17.9 Å². The van der Waals surface area contributed by atoms with Gasteiger partial charge in [-0.25, -0.2) is 13.6 Å². The molecule has 1 saturated heterocycles. The molecule has 7 nitrogen and oxygen atoms in total. The number of esters is 1. The highest BCUT2D eigenvalue weighted by Crippen LogP contribution is 2.32. The maximum Gasteiger partial charge on any atom is 0.337 e. The number of hydrogen-bond donors (Lipinski definition) is 1. The highest BCUT2D eigenvalue weighted by Gasteiger charge is 2.46. The van der Waals surface area contributed by atoms with E-state index in [0.29, 0.717) is 0 Å². The van der Waals surface area contributed by atoms with Crippen LogP contribution in [0.15, 0.2) is 18.2 Å². The molecule has 21 heavy (non-hydrogen) atoms. The van der Waals surface area contributed by atoms with Gasteiger partial charge >= 0.3 is 5.97 Å². The quantitative estimate of drug-likeness (QED) is 0.518. The number of benzene rings is 1. The van der Waals surface area contributed by atoms with Crippen molar-refractivity contribution in [3.8, 4) is 0 Å². The van der Waals surface area contributed by atoms with Crippen molar-refractivity contribution in [1.82, 2.24) is 0 Å². The van der Waals surface area contributed by atoms with Gasteiger partial charge in [-0.15, -0.1) is 0 Å². The standard InChI is InChI=1S/C12H12F2N2O5/c1-20-11(17)7-2-3-9(16(18)19)8(4-7)15-10-5-21-6-12(10,13)14/h2-4,10,15H,5-6H2,1H3. The number of nitro benzene ring substituents is 1. The Morgan fingerprint density at radius 2 is 2.29 bits per heavy atom. The molecule has 0 spiro atoms. The van der Waals surface area contributed by atoms with Crippen LogP contribution in [0.4, 0.5) is 20.2 Å². The summed E-state index contributed by atoms with van der Waals surface area (Å²) in [7, 11) is 1.15. The number of nitrogens with zero attached hydrogens (tertiary/aromatic N) is 1. The Kier molecular flexibility index (Phi) is 4.03. The van der Waals surface area contributed by atoms with Crippen LogP contribution < -0.4 is 5.32 Å². The molecule has 0 amide bonds. The molecule has 114 valence electrons. The summed E-state index contributed by atoms with van der Waals surface area (Å²) in [6, 6.07) is 1.96. The highest BCUT2D eigenvalue weighted by molar-refractivity contribution is 5.91. The zero-order valence-electron chi connectivity index (χ0n) is 11.0. The lowest BCUT2D eigenvalue weighted by molar-refractivity contribution is -0.384. The molecule has 1 aliphatic rings. The van der Waals surface area contributed by atoms with Crippen LogP contribution in [-0.2, 0) is 9.47 Å². The molecule has 1 heterocycles. The fourth-order valence-electron chi connectivity index (χ4n) is 1.93. The average molecular weight is 302 g/mol. The summed E-state index contributed by atoms with van der Waals surface area (Å²) in [5.74, 6) is -3.86. The van der Waals surface area contributed by atoms with Gasteiger partial charge in [0.2, 0.25) is 0 Å². The molecule has 1 atom stereocenters. The van der Waals surface area contributed by atoms with Crippen LogP contribution in [0.2, 0.25) is 0 Å². The zero-order valence-corrected chi connectivity index (χ0v) is 11.0. The van der Waals surface area contributed by atoms with E-state index in [4.69, 9.17) is 0 Å². The molecular weight excluding hydrogens is 290 g/mol. The number of rotatable bonds is 4. The van der Waals surface area contributed by atoms with E-state index in [9.17, 15) is 23.7 Å². The molecule has 0 bridgehead atoms. The van der Waals surface area contributed by atoms with Crippen molar-refractivity contribution in [3.63, 3.8) is 0 Å². The lowest BCUT2D eigenvalue weighted by Gasteiger charge is -2.19. The number of alkyl halides is 2. The van der Waals surface area contributed by atoms with Crippen molar-refractivity contribution in [3.05, 3.63) is 33.9 Å². The molecule has 0 aliphatic carbocycles. The van der Waals surface area contributed by atoms with Crippen molar-refractivity contribution in [2.75, 3.05) is 25.6 Å². The molecule has 2 rings (SSSR count). The minimum absolute atomic E-state index is 0.0211. The number of carbonyl (C=O) groups is 1. The van der Waals surface area contributed by atoms with E-state index in [0.717, 1.165) is 19.2 Å². The summed E-state index contributed by atoms with van der Waals surface area (Å²) < 4.78 is 36.2. The van der Waals surface area contributed by atoms with Gasteiger partial charge in [-0.1, -0.05) is 0 Å². The number of nitrogens with one attached hydrogen (secondary N) is 1. The topological polar surface area (TPSA) is 90.7 Å². The third-order valence-corrected chi connectivity index (χ3v) is 3.03. The molecule has 1 unspecified atom stereocenters. The van der Waals surface area contributed by atoms with Crippen molar-refractivity contribution < 1.29 is 28.0 Å². The molecule has 9 heteroatoms. The first-order valence-corrected chi connectivity index (χ1v) is 5.94. The molecule has 0 radical (unpaired) electrons. The molecule has 1 N–H and O–H groups in total. The van der Waals surface area contributed by atoms with Gasteiger partial charge in [0.25, 0.3) is 11.6 Å². The number of hydrogen-bond acceptors (Lipinski definition) is 6. The first-order valence-electron chi connectivity index (χ1n) is 5.94. The molecule has 1 fully saturated rings. The zero-order chi connectivity index (χ0) is 15.6. The van der Waals surface area contributed by atoms with E-state index in [1.807, 2.05) is 0 Å². The Labute approximate surface area is 118 Å². The van der Waals surface area contributed by atoms with Gasteiger partial charge in [-0.05, 0) is 12.1 Å². The third kappa shape index (κ3) is 3.07. The summed E-state index contributed by atoms with van der Waals surface area (Å²) in [4.78, 5) is 21.6. The maximum atomic E-state index is 13.5. The van der Waals surface area contributed by atoms with Gasteiger partial charge in [-0.3, -0.25) is 10.1 Å². The first kappa shape index (κ1) is 15.1. The summed E-state index contributed by atoms with van der Waals surface area (Å²) in [5.41, 5.74) is -0.573. The number of halogens is 2. The van der Waals surface area contributed by atoms with Crippen LogP contribution in [0, 0.1) is 10.1 Å². The lowest BCUT2D eigenvalue weighted by atomic mass is 10.1. The summed E-state index contributed by atoms with van der Waals surface area (Å²) in [6.45, 7) is -1.04. The summed E-state index contributed by atoms with van der Waals surface area (Å²) >= 11 is 0. The van der Waals surface area contributed by atoms with Crippen LogP contribution in [0.5, 0.6) is 0 Å². The molecule has 0 saturated carbocycles. The average Bonchev–Trinajstić information content (AvgIpc) is 2.76. The Bertz CT molecular complexity index is 579. The Balaban J connectivity index is 2.35. The number of methoxy groups -OCH3 is 1. The van der Waals surface area contributed by atoms with Gasteiger partial charge in [-0.2, -0.15) is 0 Å². The lowest BCUT2D eigenvalue weighted by Crippen LogP contribution is -2.38. The van der Waals surface area contributed by atoms with E-state index in [1.54, 1.807) is 0 Å². The van der Waals surface area contributed by atoms with Crippen LogP contribution in [0.25, 0.3) is 0 Å². The van der Waals surface area contributed by atoms with Crippen molar-refractivity contribution in [2.45, 2.75) is 12.0 Å². The molecule has 1 aromatic rings. The SMILES string of the molecule is COC(=O)c1ccc([N+](=O)[O-])c(NC2COCC2(F)F)c1. The van der Waals surface area contributed by atoms with Crippen LogP contribution in [-0.4, -0.2) is 43.2 Å². The number of ether oxygens (including phenoxy) is 2. The van der Waals surface area contributed by atoms with Crippen molar-refractivity contribution in [2.24, 2.45) is 0 Å². The van der Waals surface area contributed by atoms with Gasteiger partial charge < -0.3 is 14.8 Å². The van der Waals surface area contributed by atoms with E-state index < -0.39 is 35.2 Å². The smallest absolute Gasteiger partial charge is 0.337 e. The monoisotopic (exact) mass is 302 g/mol. The Morgan fingerprint density at radius 3 is 2.81 bits per heavy atom. The second-order valence-electron chi connectivity index (χ2n) is 4.45. The fourth-order valence-corrected chi connectivity index (χ4v) is 1.93. The second kappa shape index (κ2) is 5.60. The normalized spacial score (nSPS) is 20.0. The van der Waals surface area contributed by atoms with Gasteiger partial charge in [0.15, 0.2) is 0 Å². The van der Waals surface area contributed by atoms with E-state index in [2.05, 4.69) is 14.8 Å². The predicted octanol–water partition coefficient (Wildman–Crippen LogP) is 1.83. The molecular formula is C12H12F2N2O5. The highest BCUT2D eigenvalue weighted by atomic mass is 19.3. The molecule has 1 aromatic carbocycles. The predicted molar refractivity (Wildman–Crippen MR) is 67.6 cm³/mol. The number of nitro groups is 1. The van der Waals surface area contributed by atoms with E-state index >= 15 is 0 Å². The number of anilines is 1. The Hall–Kier alpha value is -2.29. The minimum atomic E-state index is -3.14. The second-order valence-corrected chi connectivity index (χ2v) is 4.45.